The van der Waals surface area contributed by atoms with E-state index in [0.717, 1.165) is 0 Å². The number of carboxylic acid groups (broad SMARTS) is 1. The van der Waals surface area contributed by atoms with E-state index in [-0.39, 0.29) is 28.8 Å². The monoisotopic (exact) mass is 310 g/mol. The molecular weight excluding hydrogens is 298 g/mol. The summed E-state index contributed by atoms with van der Waals surface area (Å²) in [5, 5.41) is 19.7. The quantitative estimate of drug-likeness (QED) is 0.857. The van der Waals surface area contributed by atoms with Gasteiger partial charge in [0.05, 0.1) is 6.10 Å². The Hall–Kier alpha value is -0.480. The topological polar surface area (TPSA) is 57.5 Å². The third-order valence-corrected chi connectivity index (χ3v) is 3.37. The molecule has 0 bridgehead atoms. The molecule has 0 saturated carbocycles. The van der Waals surface area contributed by atoms with Crippen LogP contribution < -0.4 is 0 Å². The summed E-state index contributed by atoms with van der Waals surface area (Å²) >= 11 is 17.7. The van der Waals surface area contributed by atoms with Gasteiger partial charge >= 0.3 is 5.97 Å². The van der Waals surface area contributed by atoms with Crippen molar-refractivity contribution in [1.82, 2.24) is 0 Å². The summed E-state index contributed by atoms with van der Waals surface area (Å²) in [5.41, 5.74) is 0.389. The van der Waals surface area contributed by atoms with Gasteiger partial charge < -0.3 is 10.2 Å². The molecule has 6 heteroatoms. The van der Waals surface area contributed by atoms with Crippen molar-refractivity contribution in [3.63, 3.8) is 0 Å². The first-order valence-corrected chi connectivity index (χ1v) is 6.49. The Morgan fingerprint density at radius 2 is 1.78 bits per heavy atom. The lowest BCUT2D eigenvalue weighted by atomic mass is 9.96. The molecule has 1 aromatic rings. The van der Waals surface area contributed by atoms with E-state index >= 15 is 0 Å². The molecule has 0 spiro atoms. The highest BCUT2D eigenvalue weighted by Crippen LogP contribution is 2.36. The van der Waals surface area contributed by atoms with Crippen molar-refractivity contribution in [2.45, 2.75) is 25.9 Å². The molecule has 0 heterocycles. The van der Waals surface area contributed by atoms with E-state index in [9.17, 15) is 9.90 Å². The Labute approximate surface area is 120 Å². The third kappa shape index (κ3) is 4.32. The third-order valence-electron chi connectivity index (χ3n) is 2.53. The number of halogens is 3. The van der Waals surface area contributed by atoms with Gasteiger partial charge in [-0.05, 0) is 24.5 Å². The molecule has 2 unspecified atom stereocenters. The van der Waals surface area contributed by atoms with Crippen LogP contribution in [0.3, 0.4) is 0 Å². The van der Waals surface area contributed by atoms with Crippen LogP contribution >= 0.6 is 34.8 Å². The van der Waals surface area contributed by atoms with Crippen LogP contribution in [-0.2, 0) is 4.79 Å². The second-order valence-corrected chi connectivity index (χ2v) is 5.49. The molecule has 0 aromatic heterocycles. The highest BCUT2D eigenvalue weighted by atomic mass is 35.5. The van der Waals surface area contributed by atoms with Crippen LogP contribution in [0.25, 0.3) is 0 Å². The second kappa shape index (κ2) is 6.62. The minimum atomic E-state index is -0.906. The van der Waals surface area contributed by atoms with Gasteiger partial charge in [0.1, 0.15) is 0 Å². The fourth-order valence-corrected chi connectivity index (χ4v) is 2.82. The maximum absolute atomic E-state index is 10.6. The number of rotatable bonds is 5. The maximum Gasteiger partial charge on any atom is 0.303 e. The van der Waals surface area contributed by atoms with Crippen LogP contribution in [-0.4, -0.2) is 16.2 Å². The van der Waals surface area contributed by atoms with Crippen molar-refractivity contribution in [1.29, 1.82) is 0 Å². The van der Waals surface area contributed by atoms with E-state index in [1.165, 1.54) is 12.1 Å². The Morgan fingerprint density at radius 3 is 2.22 bits per heavy atom. The van der Waals surface area contributed by atoms with E-state index in [2.05, 4.69) is 0 Å². The molecule has 0 saturated heterocycles. The van der Waals surface area contributed by atoms with E-state index in [4.69, 9.17) is 39.9 Å². The normalized spacial score (nSPS) is 14.3. The van der Waals surface area contributed by atoms with Gasteiger partial charge in [0.2, 0.25) is 0 Å². The molecule has 0 aliphatic rings. The summed E-state index contributed by atoms with van der Waals surface area (Å²) in [6.45, 7) is 1.75. The zero-order valence-electron chi connectivity index (χ0n) is 9.66. The summed E-state index contributed by atoms with van der Waals surface area (Å²) in [5.74, 6) is -1.08. The van der Waals surface area contributed by atoms with Gasteiger partial charge in [-0.1, -0.05) is 41.7 Å². The standard InChI is InChI=1S/C12H13Cl3O3/c1-6(3-11(17)18)2-10(16)12-8(14)4-7(13)5-9(12)15/h4-6,10,16H,2-3H2,1H3,(H,17,18). The van der Waals surface area contributed by atoms with Crippen LogP contribution in [0.2, 0.25) is 15.1 Å². The van der Waals surface area contributed by atoms with Crippen molar-refractivity contribution < 1.29 is 15.0 Å². The molecule has 0 radical (unpaired) electrons. The van der Waals surface area contributed by atoms with Crippen molar-refractivity contribution in [3.05, 3.63) is 32.8 Å². The first-order chi connectivity index (χ1) is 8.31. The molecule has 3 nitrogen and oxygen atoms in total. The zero-order chi connectivity index (χ0) is 13.9. The Kier molecular flexibility index (Phi) is 5.73. The number of hydrogen-bond donors (Lipinski definition) is 2. The molecule has 0 aliphatic carbocycles. The average molecular weight is 312 g/mol. The molecular formula is C12H13Cl3O3. The van der Waals surface area contributed by atoms with E-state index in [1.807, 2.05) is 0 Å². The van der Waals surface area contributed by atoms with Gasteiger partial charge in [-0.2, -0.15) is 0 Å². The van der Waals surface area contributed by atoms with E-state index < -0.39 is 12.1 Å². The molecule has 18 heavy (non-hydrogen) atoms. The minimum absolute atomic E-state index is 0.0140. The number of hydrogen-bond acceptors (Lipinski definition) is 2. The Balaban J connectivity index is 2.84. The number of aliphatic hydroxyl groups is 1. The molecule has 0 aliphatic heterocycles. The summed E-state index contributed by atoms with van der Waals surface area (Å²) in [6, 6.07) is 2.99. The van der Waals surface area contributed by atoms with Gasteiger partial charge in [0.15, 0.2) is 0 Å². The van der Waals surface area contributed by atoms with Gasteiger partial charge in [-0.15, -0.1) is 0 Å². The molecule has 2 atom stereocenters. The van der Waals surface area contributed by atoms with Crippen LogP contribution in [0.4, 0.5) is 0 Å². The first-order valence-electron chi connectivity index (χ1n) is 5.35. The highest BCUT2D eigenvalue weighted by Gasteiger charge is 2.20. The molecule has 100 valence electrons. The molecule has 1 aromatic carbocycles. The van der Waals surface area contributed by atoms with Crippen molar-refractivity contribution in [2.75, 3.05) is 0 Å². The first kappa shape index (κ1) is 15.6. The molecule has 1 rings (SSSR count). The average Bonchev–Trinajstić information content (AvgIpc) is 2.12. The summed E-state index contributed by atoms with van der Waals surface area (Å²) in [6.07, 6.45) is -0.649. The zero-order valence-corrected chi connectivity index (χ0v) is 11.9. The van der Waals surface area contributed by atoms with Crippen LogP contribution in [0.1, 0.15) is 31.4 Å². The molecule has 0 amide bonds. The fraction of sp³-hybridized carbons (Fsp3) is 0.417. The highest BCUT2D eigenvalue weighted by molar-refractivity contribution is 6.39. The lowest BCUT2D eigenvalue weighted by Crippen LogP contribution is -2.10. The number of carbonyl (C=O) groups is 1. The van der Waals surface area contributed by atoms with Crippen molar-refractivity contribution in [3.8, 4) is 0 Å². The van der Waals surface area contributed by atoms with E-state index in [0.29, 0.717) is 10.6 Å². The molecule has 2 N–H and O–H groups in total. The van der Waals surface area contributed by atoms with Crippen LogP contribution in [0, 0.1) is 5.92 Å². The predicted molar refractivity (Wildman–Crippen MR) is 72.5 cm³/mol. The lowest BCUT2D eigenvalue weighted by Gasteiger charge is -2.18. The van der Waals surface area contributed by atoms with Crippen molar-refractivity contribution >= 4 is 40.8 Å². The number of carboxylic acids is 1. The van der Waals surface area contributed by atoms with Crippen LogP contribution in [0.5, 0.6) is 0 Å². The number of aliphatic hydroxyl groups excluding tert-OH is 1. The molecule has 0 fully saturated rings. The van der Waals surface area contributed by atoms with Gasteiger partial charge in [-0.25, -0.2) is 0 Å². The smallest absolute Gasteiger partial charge is 0.303 e. The summed E-state index contributed by atoms with van der Waals surface area (Å²) < 4.78 is 0. The maximum atomic E-state index is 10.6. The fourth-order valence-electron chi connectivity index (χ4n) is 1.75. The van der Waals surface area contributed by atoms with Crippen molar-refractivity contribution in [2.24, 2.45) is 5.92 Å². The predicted octanol–water partition coefficient (Wildman–Crippen LogP) is 4.18. The Morgan fingerprint density at radius 1 is 1.28 bits per heavy atom. The lowest BCUT2D eigenvalue weighted by molar-refractivity contribution is -0.138. The number of aliphatic carboxylic acids is 1. The Bertz CT molecular complexity index is 425. The minimum Gasteiger partial charge on any atom is -0.481 e. The van der Waals surface area contributed by atoms with Gasteiger partial charge in [-0.3, -0.25) is 4.79 Å². The largest absolute Gasteiger partial charge is 0.481 e. The SMILES string of the molecule is CC(CC(=O)O)CC(O)c1c(Cl)cc(Cl)cc1Cl. The van der Waals surface area contributed by atoms with Gasteiger partial charge in [0, 0.05) is 27.1 Å². The number of benzene rings is 1. The summed E-state index contributed by atoms with van der Waals surface area (Å²) in [7, 11) is 0. The van der Waals surface area contributed by atoms with Gasteiger partial charge in [0.25, 0.3) is 0 Å². The van der Waals surface area contributed by atoms with Crippen LogP contribution in [0.15, 0.2) is 12.1 Å². The summed E-state index contributed by atoms with van der Waals surface area (Å²) in [4.78, 5) is 10.6. The second-order valence-electron chi connectivity index (χ2n) is 4.24. The van der Waals surface area contributed by atoms with E-state index in [1.54, 1.807) is 6.92 Å².